The van der Waals surface area contributed by atoms with Gasteiger partial charge in [-0.2, -0.15) is 0 Å². The zero-order valence-corrected chi connectivity index (χ0v) is 15.9. The van der Waals surface area contributed by atoms with Crippen LogP contribution in [0, 0.1) is 12.7 Å². The molecule has 0 heterocycles. The van der Waals surface area contributed by atoms with Crippen LogP contribution < -0.4 is 9.04 Å². The minimum atomic E-state index is -3.97. The predicted molar refractivity (Wildman–Crippen MR) is 104 cm³/mol. The van der Waals surface area contributed by atoms with Crippen LogP contribution in [0.25, 0.3) is 0 Å². The third-order valence-electron chi connectivity index (χ3n) is 4.21. The molecule has 0 aliphatic rings. The molecule has 0 aliphatic heterocycles. The fourth-order valence-corrected chi connectivity index (χ4v) is 4.24. The summed E-state index contributed by atoms with van der Waals surface area (Å²) in [7, 11) is -2.44. The highest BCUT2D eigenvalue weighted by atomic mass is 32.2. The molecule has 4 nitrogen and oxygen atoms in total. The molecule has 0 aromatic heterocycles. The van der Waals surface area contributed by atoms with Crippen molar-refractivity contribution < 1.29 is 17.5 Å². The molecule has 0 saturated heterocycles. The molecule has 140 valence electrons. The van der Waals surface area contributed by atoms with E-state index in [1.807, 2.05) is 31.2 Å². The smallest absolute Gasteiger partial charge is 0.264 e. The second kappa shape index (κ2) is 7.80. The monoisotopic (exact) mass is 385 g/mol. The fourth-order valence-electron chi connectivity index (χ4n) is 2.77. The van der Waals surface area contributed by atoms with E-state index < -0.39 is 15.8 Å². The Bertz CT molecular complexity index is 1030. The van der Waals surface area contributed by atoms with Gasteiger partial charge < -0.3 is 4.74 Å². The van der Waals surface area contributed by atoms with Crippen molar-refractivity contribution >= 4 is 15.7 Å². The third kappa shape index (κ3) is 4.11. The van der Waals surface area contributed by atoms with Crippen molar-refractivity contribution in [3.8, 4) is 5.75 Å². The van der Waals surface area contributed by atoms with Crippen molar-refractivity contribution in [3.05, 3.63) is 89.7 Å². The Hall–Kier alpha value is -2.86. The number of ether oxygens (including phenoxy) is 1. The summed E-state index contributed by atoms with van der Waals surface area (Å²) in [6, 6.07) is 19.4. The van der Waals surface area contributed by atoms with E-state index in [1.165, 1.54) is 29.6 Å². The van der Waals surface area contributed by atoms with E-state index >= 15 is 0 Å². The maximum Gasteiger partial charge on any atom is 0.264 e. The van der Waals surface area contributed by atoms with Gasteiger partial charge >= 0.3 is 0 Å². The van der Waals surface area contributed by atoms with Crippen molar-refractivity contribution in [1.29, 1.82) is 0 Å². The first-order valence-electron chi connectivity index (χ1n) is 8.38. The molecule has 0 N–H and O–H groups in total. The summed E-state index contributed by atoms with van der Waals surface area (Å²) in [4.78, 5) is -0.0991. The van der Waals surface area contributed by atoms with Gasteiger partial charge in [0.05, 0.1) is 24.2 Å². The Kier molecular flexibility index (Phi) is 5.46. The lowest BCUT2D eigenvalue weighted by molar-refractivity contribution is 0.410. The average molecular weight is 385 g/mol. The highest BCUT2D eigenvalue weighted by molar-refractivity contribution is 7.92. The number of methoxy groups -OCH3 is 1. The van der Waals surface area contributed by atoms with E-state index in [0.29, 0.717) is 17.0 Å². The number of para-hydroxylation sites is 1. The second-order valence-corrected chi connectivity index (χ2v) is 7.98. The van der Waals surface area contributed by atoms with Gasteiger partial charge in [-0.1, -0.05) is 42.0 Å². The first kappa shape index (κ1) is 18.9. The number of benzene rings is 3. The van der Waals surface area contributed by atoms with Crippen molar-refractivity contribution in [1.82, 2.24) is 0 Å². The van der Waals surface area contributed by atoms with Gasteiger partial charge in [0.2, 0.25) is 0 Å². The van der Waals surface area contributed by atoms with Crippen LogP contribution in [0.4, 0.5) is 10.1 Å². The van der Waals surface area contributed by atoms with Crippen LogP contribution in [0.1, 0.15) is 11.1 Å². The van der Waals surface area contributed by atoms with Gasteiger partial charge in [-0.25, -0.2) is 12.8 Å². The minimum Gasteiger partial charge on any atom is -0.496 e. The molecule has 3 rings (SSSR count). The zero-order valence-electron chi connectivity index (χ0n) is 15.1. The first-order chi connectivity index (χ1) is 12.9. The molecule has 0 radical (unpaired) electrons. The quantitative estimate of drug-likeness (QED) is 0.626. The number of halogens is 1. The van der Waals surface area contributed by atoms with Crippen LogP contribution in [0.2, 0.25) is 0 Å². The summed E-state index contributed by atoms with van der Waals surface area (Å²) in [5.41, 5.74) is 2.22. The Balaban J connectivity index is 2.11. The van der Waals surface area contributed by atoms with Gasteiger partial charge in [-0.15, -0.1) is 0 Å². The number of aryl methyl sites for hydroxylation is 1. The molecule has 6 heteroatoms. The number of hydrogen-bond donors (Lipinski definition) is 0. The molecule has 0 spiro atoms. The van der Waals surface area contributed by atoms with Gasteiger partial charge in [-0.05, 0) is 43.3 Å². The van der Waals surface area contributed by atoms with E-state index in [9.17, 15) is 12.8 Å². The van der Waals surface area contributed by atoms with Gasteiger partial charge in [0, 0.05) is 5.56 Å². The Morgan fingerprint density at radius 1 is 0.963 bits per heavy atom. The molecule has 3 aromatic carbocycles. The van der Waals surface area contributed by atoms with Crippen LogP contribution in [-0.2, 0) is 16.6 Å². The Morgan fingerprint density at radius 3 is 2.33 bits per heavy atom. The first-order valence-corrected chi connectivity index (χ1v) is 9.82. The summed E-state index contributed by atoms with van der Waals surface area (Å²) < 4.78 is 46.9. The van der Waals surface area contributed by atoms with Crippen LogP contribution in [0.15, 0.2) is 77.7 Å². The molecule has 0 bridgehead atoms. The van der Waals surface area contributed by atoms with Gasteiger partial charge in [-0.3, -0.25) is 4.31 Å². The molecule has 27 heavy (non-hydrogen) atoms. The maximum absolute atomic E-state index is 13.7. The number of sulfonamides is 1. The SMILES string of the molecule is COc1ccccc1CN(c1ccc(C)cc1)S(=O)(=O)c1cccc(F)c1. The van der Waals surface area contributed by atoms with Crippen molar-refractivity contribution in [3.63, 3.8) is 0 Å². The lowest BCUT2D eigenvalue weighted by atomic mass is 10.2. The number of hydrogen-bond acceptors (Lipinski definition) is 3. The van der Waals surface area contributed by atoms with E-state index in [1.54, 1.807) is 24.3 Å². The van der Waals surface area contributed by atoms with Crippen molar-refractivity contribution in [2.24, 2.45) is 0 Å². The highest BCUT2D eigenvalue weighted by Gasteiger charge is 2.26. The van der Waals surface area contributed by atoms with Gasteiger partial charge in [0.15, 0.2) is 0 Å². The van der Waals surface area contributed by atoms with E-state index in [2.05, 4.69) is 0 Å². The van der Waals surface area contributed by atoms with E-state index in [-0.39, 0.29) is 11.4 Å². The van der Waals surface area contributed by atoms with Crippen LogP contribution in [0.3, 0.4) is 0 Å². The molecule has 0 unspecified atom stereocenters. The summed E-state index contributed by atoms with van der Waals surface area (Å²) in [6.07, 6.45) is 0. The normalized spacial score (nSPS) is 11.2. The second-order valence-electron chi connectivity index (χ2n) is 6.12. The fraction of sp³-hybridized carbons (Fsp3) is 0.143. The Labute approximate surface area is 158 Å². The topological polar surface area (TPSA) is 46.6 Å². The van der Waals surface area contributed by atoms with Crippen LogP contribution in [0.5, 0.6) is 5.75 Å². The van der Waals surface area contributed by atoms with Crippen molar-refractivity contribution in [2.75, 3.05) is 11.4 Å². The molecule has 3 aromatic rings. The molecule has 0 amide bonds. The summed E-state index contributed by atoms with van der Waals surface area (Å²) in [5, 5.41) is 0. The number of anilines is 1. The lowest BCUT2D eigenvalue weighted by Crippen LogP contribution is -2.30. The van der Waals surface area contributed by atoms with Crippen LogP contribution in [-0.4, -0.2) is 15.5 Å². The van der Waals surface area contributed by atoms with Gasteiger partial charge in [0.25, 0.3) is 10.0 Å². The number of rotatable bonds is 6. The zero-order chi connectivity index (χ0) is 19.4. The third-order valence-corrected chi connectivity index (χ3v) is 5.98. The Morgan fingerprint density at radius 2 is 1.67 bits per heavy atom. The molecular formula is C21H20FNO3S. The largest absolute Gasteiger partial charge is 0.496 e. The lowest BCUT2D eigenvalue weighted by Gasteiger charge is -2.25. The number of nitrogens with zero attached hydrogens (tertiary/aromatic N) is 1. The summed E-state index contributed by atoms with van der Waals surface area (Å²) >= 11 is 0. The van der Waals surface area contributed by atoms with E-state index in [4.69, 9.17) is 4.74 Å². The van der Waals surface area contributed by atoms with Crippen molar-refractivity contribution in [2.45, 2.75) is 18.4 Å². The maximum atomic E-state index is 13.7. The summed E-state index contributed by atoms with van der Waals surface area (Å²) in [5.74, 6) is -0.0127. The molecule has 0 aliphatic carbocycles. The average Bonchev–Trinajstić information content (AvgIpc) is 2.67. The van der Waals surface area contributed by atoms with Crippen LogP contribution >= 0.6 is 0 Å². The van der Waals surface area contributed by atoms with Gasteiger partial charge in [0.1, 0.15) is 11.6 Å². The standard InChI is InChI=1S/C21H20FNO3S/c1-16-10-12-19(13-11-16)23(15-17-6-3-4-9-21(17)26-2)27(24,25)20-8-5-7-18(22)14-20/h3-14H,15H2,1-2H3. The van der Waals surface area contributed by atoms with E-state index in [0.717, 1.165) is 11.6 Å². The molecular weight excluding hydrogens is 365 g/mol. The predicted octanol–water partition coefficient (Wildman–Crippen LogP) is 4.54. The highest BCUT2D eigenvalue weighted by Crippen LogP contribution is 2.29. The molecule has 0 saturated carbocycles. The summed E-state index contributed by atoms with van der Waals surface area (Å²) in [6.45, 7) is 1.99. The molecule has 0 fully saturated rings. The minimum absolute atomic E-state index is 0.0614. The molecule has 0 atom stereocenters.